The quantitative estimate of drug-likeness (QED) is 0.282. The fourth-order valence-corrected chi connectivity index (χ4v) is 2.95. The summed E-state index contributed by atoms with van der Waals surface area (Å²) in [6.45, 7) is 0.346. The first-order valence-electron chi connectivity index (χ1n) is 5.68. The molecule has 0 bridgehead atoms. The summed E-state index contributed by atoms with van der Waals surface area (Å²) in [5.41, 5.74) is 0. The van der Waals surface area contributed by atoms with E-state index in [9.17, 15) is 25.3 Å². The van der Waals surface area contributed by atoms with E-state index in [2.05, 4.69) is 8.37 Å². The number of ether oxygens (including phenoxy) is 1. The Morgan fingerprint density at radius 1 is 1.00 bits per heavy atom. The summed E-state index contributed by atoms with van der Waals surface area (Å²) in [6.07, 6.45) is -3.26. The van der Waals surface area contributed by atoms with Crippen LogP contribution < -0.4 is 4.72 Å². The van der Waals surface area contributed by atoms with Crippen molar-refractivity contribution in [1.29, 1.82) is 0 Å². The molecule has 0 aromatic carbocycles. The Balaban J connectivity index is 5.11. The normalized spacial score (nSPS) is 17.6. The van der Waals surface area contributed by atoms with Gasteiger partial charge in [-0.3, -0.25) is 13.7 Å². The van der Waals surface area contributed by atoms with Gasteiger partial charge in [0.1, 0.15) is 0 Å². The van der Waals surface area contributed by atoms with Gasteiger partial charge in [-0.25, -0.2) is 8.37 Å². The van der Waals surface area contributed by atoms with E-state index in [4.69, 9.17) is 18.4 Å². The minimum absolute atomic E-state index is 0.491. The van der Waals surface area contributed by atoms with Gasteiger partial charge >= 0.3 is 31.1 Å². The van der Waals surface area contributed by atoms with Gasteiger partial charge in [-0.15, -0.1) is 0 Å². The molecule has 0 amide bonds. The van der Waals surface area contributed by atoms with Crippen LogP contribution in [-0.4, -0.2) is 70.9 Å². The lowest BCUT2D eigenvalue weighted by atomic mass is 10.1. The zero-order valence-corrected chi connectivity index (χ0v) is 14.3. The van der Waals surface area contributed by atoms with Gasteiger partial charge < -0.3 is 4.74 Å². The molecule has 0 aliphatic carbocycles. The summed E-state index contributed by atoms with van der Waals surface area (Å²) < 4.78 is 104. The van der Waals surface area contributed by atoms with Gasteiger partial charge in [0.2, 0.25) is 0 Å². The van der Waals surface area contributed by atoms with Crippen LogP contribution in [0.3, 0.4) is 0 Å². The van der Waals surface area contributed by atoms with Crippen molar-refractivity contribution in [2.24, 2.45) is 0 Å². The van der Waals surface area contributed by atoms with Crippen LogP contribution in [-0.2, 0) is 44.2 Å². The molecular formula is C7H17NO12S3. The van der Waals surface area contributed by atoms with E-state index in [-0.39, 0.29) is 0 Å². The molecule has 4 N–H and O–H groups in total. The zero-order valence-electron chi connectivity index (χ0n) is 11.9. The average molecular weight is 403 g/mol. The first-order valence-corrected chi connectivity index (χ1v) is 9.85. The predicted molar refractivity (Wildman–Crippen MR) is 73.5 cm³/mol. The van der Waals surface area contributed by atoms with Crippen molar-refractivity contribution in [2.75, 3.05) is 13.7 Å². The Morgan fingerprint density at radius 3 is 1.87 bits per heavy atom. The van der Waals surface area contributed by atoms with Crippen LogP contribution in [0.15, 0.2) is 0 Å². The van der Waals surface area contributed by atoms with E-state index in [1.807, 2.05) is 0 Å². The minimum atomic E-state index is -5.00. The molecule has 0 aromatic heterocycles. The maximum Gasteiger partial charge on any atom is 0.397 e. The van der Waals surface area contributed by atoms with E-state index in [0.717, 1.165) is 14.0 Å². The number of hydrogen-bond donors (Lipinski definition) is 4. The third-order valence-electron chi connectivity index (χ3n) is 2.37. The predicted octanol–water partition coefficient (Wildman–Crippen LogP) is -1.82. The first-order chi connectivity index (χ1) is 10.1. The van der Waals surface area contributed by atoms with E-state index < -0.39 is 62.4 Å². The molecule has 0 aliphatic heterocycles. The maximum atomic E-state index is 10.8. The Morgan fingerprint density at radius 2 is 1.52 bits per heavy atom. The Hall–Kier alpha value is -0.430. The summed E-state index contributed by atoms with van der Waals surface area (Å²) >= 11 is 0. The molecule has 13 nitrogen and oxygen atoms in total. The molecule has 0 fully saturated rings. The van der Waals surface area contributed by atoms with E-state index >= 15 is 0 Å². The van der Waals surface area contributed by atoms with Crippen LogP contribution in [0.2, 0.25) is 0 Å². The van der Waals surface area contributed by atoms with Crippen LogP contribution in [0.25, 0.3) is 0 Å². The largest absolute Gasteiger partial charge is 0.397 e. The Kier molecular flexibility index (Phi) is 8.44. The monoisotopic (exact) mass is 403 g/mol. The topological polar surface area (TPSA) is 203 Å². The van der Waals surface area contributed by atoms with E-state index in [0.29, 0.717) is 0 Å². The summed E-state index contributed by atoms with van der Waals surface area (Å²) in [7, 11) is -13.4. The van der Waals surface area contributed by atoms with Crippen LogP contribution >= 0.6 is 0 Å². The summed E-state index contributed by atoms with van der Waals surface area (Å²) in [4.78, 5) is 0. The number of hydrogen-bond acceptors (Lipinski definition) is 9. The highest BCUT2D eigenvalue weighted by Gasteiger charge is 2.30. The van der Waals surface area contributed by atoms with Crippen molar-refractivity contribution in [3.63, 3.8) is 0 Å². The highest BCUT2D eigenvalue weighted by Crippen LogP contribution is 2.14. The molecule has 0 heterocycles. The molecule has 0 rings (SSSR count). The third-order valence-corrected chi connectivity index (χ3v) is 3.96. The highest BCUT2D eigenvalue weighted by atomic mass is 32.3. The van der Waals surface area contributed by atoms with Gasteiger partial charge in [-0.2, -0.15) is 30.0 Å². The first kappa shape index (κ1) is 22.6. The lowest BCUT2D eigenvalue weighted by Crippen LogP contribution is -2.45. The molecular weight excluding hydrogens is 386 g/mol. The second-order valence-corrected chi connectivity index (χ2v) is 7.57. The summed E-state index contributed by atoms with van der Waals surface area (Å²) in [5, 5.41) is 0. The van der Waals surface area contributed by atoms with Crippen molar-refractivity contribution >= 4 is 31.1 Å². The molecule has 3 atom stereocenters. The number of rotatable bonds is 11. The molecule has 0 aliphatic rings. The number of methoxy groups -OCH3 is 1. The molecule has 23 heavy (non-hydrogen) atoms. The molecule has 140 valence electrons. The molecule has 0 aromatic rings. The van der Waals surface area contributed by atoms with Crippen LogP contribution in [0.1, 0.15) is 13.3 Å². The third kappa shape index (κ3) is 12.6. The molecule has 0 saturated carbocycles. The second kappa shape index (κ2) is 8.60. The van der Waals surface area contributed by atoms with Gasteiger partial charge in [0.15, 0.2) is 0 Å². The molecule has 16 heteroatoms. The lowest BCUT2D eigenvalue weighted by molar-refractivity contribution is 0.0145. The lowest BCUT2D eigenvalue weighted by Gasteiger charge is -2.25. The smallest absolute Gasteiger partial charge is 0.379 e. The van der Waals surface area contributed by atoms with Crippen LogP contribution in [0.5, 0.6) is 0 Å². The van der Waals surface area contributed by atoms with Gasteiger partial charge in [-0.1, -0.05) is 0 Å². The minimum Gasteiger partial charge on any atom is -0.379 e. The average Bonchev–Trinajstić information content (AvgIpc) is 2.27. The molecule has 0 spiro atoms. The van der Waals surface area contributed by atoms with Crippen molar-refractivity contribution < 1.29 is 52.0 Å². The fraction of sp³-hybridized carbons (Fsp3) is 1.00. The summed E-state index contributed by atoms with van der Waals surface area (Å²) in [6, 6.07) is -1.37. The van der Waals surface area contributed by atoms with Gasteiger partial charge in [0.05, 0.1) is 18.8 Å². The second-order valence-electron chi connectivity index (χ2n) is 4.25. The Bertz CT molecular complexity index is 667. The van der Waals surface area contributed by atoms with Gasteiger partial charge in [-0.05, 0) is 6.92 Å². The number of nitrogens with one attached hydrogen (secondary N) is 1. The van der Waals surface area contributed by atoms with Gasteiger partial charge in [0, 0.05) is 19.6 Å². The highest BCUT2D eigenvalue weighted by molar-refractivity contribution is 7.83. The van der Waals surface area contributed by atoms with Crippen molar-refractivity contribution in [1.82, 2.24) is 4.72 Å². The SMILES string of the molecule is COC(COS(=O)(=O)O)C[C@@H](OS(=O)(=O)O)C(C)NS(=O)(=O)O. The molecule has 0 saturated heterocycles. The Labute approximate surface area is 133 Å². The molecule has 2 unspecified atom stereocenters. The fourth-order valence-electron chi connectivity index (χ4n) is 1.45. The van der Waals surface area contributed by atoms with Crippen molar-refractivity contribution in [3.8, 4) is 0 Å². The van der Waals surface area contributed by atoms with Crippen LogP contribution in [0, 0.1) is 0 Å². The maximum absolute atomic E-state index is 10.8. The van der Waals surface area contributed by atoms with Gasteiger partial charge in [0.25, 0.3) is 0 Å². The molecule has 0 radical (unpaired) electrons. The van der Waals surface area contributed by atoms with E-state index in [1.54, 1.807) is 4.72 Å². The van der Waals surface area contributed by atoms with Crippen LogP contribution in [0.4, 0.5) is 0 Å². The zero-order chi connectivity index (χ0) is 18.5. The van der Waals surface area contributed by atoms with Crippen molar-refractivity contribution in [2.45, 2.75) is 31.6 Å². The summed E-state index contributed by atoms with van der Waals surface area (Å²) in [5.74, 6) is 0. The van der Waals surface area contributed by atoms with E-state index in [1.165, 1.54) is 0 Å². The standard InChI is InChI=1S/C7H17NO12S3/c1-5(8-21(9,10)11)7(20-23(15,16)17)3-6(18-2)4-19-22(12,13)14/h5-8H,3-4H2,1-2H3,(H,9,10,11)(H,12,13,14)(H,15,16,17)/t5?,6?,7-/m1/s1. The van der Waals surface area contributed by atoms with Crippen molar-refractivity contribution in [3.05, 3.63) is 0 Å².